The fraction of sp³-hybridized carbons (Fsp3) is 0.622. The molecule has 43 heavy (non-hydrogen) atoms. The highest BCUT2D eigenvalue weighted by atomic mass is 16.5. The average Bonchev–Trinajstić information content (AvgIpc) is 2.94. The number of phenolic OH excluding ortho intramolecular Hbond substituents is 1. The maximum atomic E-state index is 12.4. The highest BCUT2D eigenvalue weighted by Crippen LogP contribution is 2.50. The van der Waals surface area contributed by atoms with Crippen LogP contribution >= 0.6 is 0 Å². The van der Waals surface area contributed by atoms with Gasteiger partial charge in [0.15, 0.2) is 0 Å². The third-order valence-electron chi connectivity index (χ3n) is 9.97. The molecule has 1 aliphatic heterocycles. The van der Waals surface area contributed by atoms with E-state index in [0.29, 0.717) is 17.9 Å². The van der Waals surface area contributed by atoms with E-state index < -0.39 is 17.5 Å². The summed E-state index contributed by atoms with van der Waals surface area (Å²) in [5.74, 6) is 0.525. The standard InChI is InChI=1S/C37H54O6/c1-22(2)12-9-13-23(3)14-10-15-24(4)16-11-19-37(8)32(29-18-17-28(35(39)40)20-31(29)36(41)42)21-30-27(7)33(38)25(5)26(6)34(30)43-37/h17-18,20,22-24,32,38H,9-16,19,21H2,1-8H3,(H,39,40)(H,41,42)/t23-,24+,32?,37-/m0/s1. The summed E-state index contributed by atoms with van der Waals surface area (Å²) < 4.78 is 6.87. The molecular formula is C37H54O6. The summed E-state index contributed by atoms with van der Waals surface area (Å²) in [6.45, 7) is 17.1. The third-order valence-corrected chi connectivity index (χ3v) is 9.97. The Morgan fingerprint density at radius 3 is 2.00 bits per heavy atom. The van der Waals surface area contributed by atoms with E-state index in [4.69, 9.17) is 4.74 Å². The minimum Gasteiger partial charge on any atom is -0.507 e. The van der Waals surface area contributed by atoms with E-state index in [2.05, 4.69) is 34.6 Å². The van der Waals surface area contributed by atoms with Gasteiger partial charge in [0.05, 0.1) is 11.1 Å². The molecule has 0 aliphatic carbocycles. The van der Waals surface area contributed by atoms with Crippen LogP contribution in [0.1, 0.15) is 147 Å². The lowest BCUT2D eigenvalue weighted by Crippen LogP contribution is -2.44. The van der Waals surface area contributed by atoms with Crippen LogP contribution in [0.15, 0.2) is 18.2 Å². The summed E-state index contributed by atoms with van der Waals surface area (Å²) in [5, 5.41) is 30.5. The van der Waals surface area contributed by atoms with E-state index in [1.165, 1.54) is 50.7 Å². The van der Waals surface area contributed by atoms with Gasteiger partial charge in [0.25, 0.3) is 0 Å². The Labute approximate surface area is 258 Å². The Bertz CT molecular complexity index is 1290. The fourth-order valence-electron chi connectivity index (χ4n) is 6.90. The Morgan fingerprint density at radius 2 is 1.44 bits per heavy atom. The number of carbonyl (C=O) groups is 2. The number of carboxylic acids is 2. The number of hydrogen-bond donors (Lipinski definition) is 3. The van der Waals surface area contributed by atoms with Crippen molar-refractivity contribution >= 4 is 11.9 Å². The van der Waals surface area contributed by atoms with Crippen molar-refractivity contribution in [3.8, 4) is 11.5 Å². The molecule has 3 rings (SSSR count). The Balaban J connectivity index is 1.81. The lowest BCUT2D eigenvalue weighted by atomic mass is 9.71. The van der Waals surface area contributed by atoms with Crippen molar-refractivity contribution < 1.29 is 29.6 Å². The maximum Gasteiger partial charge on any atom is 0.336 e. The van der Waals surface area contributed by atoms with Crippen molar-refractivity contribution in [3.05, 3.63) is 57.1 Å². The Morgan fingerprint density at radius 1 is 0.860 bits per heavy atom. The lowest BCUT2D eigenvalue weighted by Gasteiger charge is -2.45. The molecule has 0 spiro atoms. The molecule has 6 nitrogen and oxygen atoms in total. The van der Waals surface area contributed by atoms with Crippen molar-refractivity contribution in [1.29, 1.82) is 0 Å². The topological polar surface area (TPSA) is 104 Å². The third kappa shape index (κ3) is 8.33. The summed E-state index contributed by atoms with van der Waals surface area (Å²) in [5.41, 5.74) is 3.14. The van der Waals surface area contributed by atoms with Crippen molar-refractivity contribution in [2.45, 2.75) is 131 Å². The number of phenols is 1. The second kappa shape index (κ2) is 14.6. The zero-order valence-corrected chi connectivity index (χ0v) is 27.7. The van der Waals surface area contributed by atoms with Gasteiger partial charge in [-0.3, -0.25) is 0 Å². The molecule has 0 saturated carbocycles. The number of rotatable bonds is 15. The van der Waals surface area contributed by atoms with Gasteiger partial charge in [0.2, 0.25) is 0 Å². The monoisotopic (exact) mass is 594 g/mol. The number of aromatic carboxylic acids is 2. The van der Waals surface area contributed by atoms with Crippen LogP contribution in [0.2, 0.25) is 0 Å². The molecule has 0 fully saturated rings. The predicted molar refractivity (Wildman–Crippen MR) is 173 cm³/mol. The van der Waals surface area contributed by atoms with Crippen LogP contribution in [0.3, 0.4) is 0 Å². The molecule has 0 bridgehead atoms. The molecule has 2 aromatic carbocycles. The first kappa shape index (κ1) is 34.5. The number of hydrogen-bond acceptors (Lipinski definition) is 4. The van der Waals surface area contributed by atoms with Gasteiger partial charge in [-0.1, -0.05) is 78.7 Å². The summed E-state index contributed by atoms with van der Waals surface area (Å²) in [4.78, 5) is 24.0. The van der Waals surface area contributed by atoms with E-state index in [1.54, 1.807) is 6.07 Å². The van der Waals surface area contributed by atoms with Crippen molar-refractivity contribution in [3.63, 3.8) is 0 Å². The molecule has 6 heteroatoms. The average molecular weight is 595 g/mol. The molecule has 4 atom stereocenters. The highest BCUT2D eigenvalue weighted by molar-refractivity contribution is 5.95. The van der Waals surface area contributed by atoms with Crippen LogP contribution in [0.5, 0.6) is 11.5 Å². The fourth-order valence-corrected chi connectivity index (χ4v) is 6.90. The van der Waals surface area contributed by atoms with Crippen molar-refractivity contribution in [2.75, 3.05) is 0 Å². The maximum absolute atomic E-state index is 12.4. The van der Waals surface area contributed by atoms with Gasteiger partial charge in [-0.2, -0.15) is 0 Å². The van der Waals surface area contributed by atoms with E-state index in [-0.39, 0.29) is 22.8 Å². The summed E-state index contributed by atoms with van der Waals surface area (Å²) in [6, 6.07) is 4.38. The molecule has 0 aromatic heterocycles. The quantitative estimate of drug-likeness (QED) is 0.190. The van der Waals surface area contributed by atoms with Gasteiger partial charge in [-0.15, -0.1) is 0 Å². The molecular weight excluding hydrogens is 540 g/mol. The second-order valence-electron chi connectivity index (χ2n) is 14.0. The van der Waals surface area contributed by atoms with Gasteiger partial charge in [-0.05, 0) is 99.1 Å². The van der Waals surface area contributed by atoms with Crippen LogP contribution < -0.4 is 4.74 Å². The van der Waals surface area contributed by atoms with E-state index >= 15 is 0 Å². The number of aromatic hydroxyl groups is 1. The van der Waals surface area contributed by atoms with E-state index in [0.717, 1.165) is 59.1 Å². The Kier molecular flexibility index (Phi) is 11.7. The molecule has 238 valence electrons. The summed E-state index contributed by atoms with van der Waals surface area (Å²) in [6.07, 6.45) is 10.9. The van der Waals surface area contributed by atoms with E-state index in [9.17, 15) is 24.9 Å². The highest BCUT2D eigenvalue weighted by Gasteiger charge is 2.44. The van der Waals surface area contributed by atoms with Crippen molar-refractivity contribution in [2.24, 2.45) is 17.8 Å². The first-order chi connectivity index (χ1) is 20.2. The number of ether oxygens (including phenoxy) is 1. The van der Waals surface area contributed by atoms with Crippen LogP contribution in [0.4, 0.5) is 0 Å². The SMILES string of the molecule is Cc1c(C)c2c(c(C)c1O)CC(c1ccc(C(=O)O)cc1C(=O)O)[C@](C)(CCC[C@H](C)CCC[C@@H](C)CCCC(C)C)O2. The van der Waals surface area contributed by atoms with Crippen molar-refractivity contribution in [1.82, 2.24) is 0 Å². The van der Waals surface area contributed by atoms with Gasteiger partial charge >= 0.3 is 11.9 Å². The minimum atomic E-state index is -1.16. The number of carboxylic acid groups (broad SMARTS) is 2. The molecule has 1 aliphatic rings. The smallest absolute Gasteiger partial charge is 0.336 e. The van der Waals surface area contributed by atoms with Gasteiger partial charge in [0, 0.05) is 11.5 Å². The van der Waals surface area contributed by atoms with Crippen LogP contribution in [0, 0.1) is 38.5 Å². The molecule has 0 saturated heterocycles. The molecule has 0 radical (unpaired) electrons. The molecule has 1 heterocycles. The zero-order valence-electron chi connectivity index (χ0n) is 27.7. The molecule has 1 unspecified atom stereocenters. The summed E-state index contributed by atoms with van der Waals surface area (Å²) in [7, 11) is 0. The molecule has 3 N–H and O–H groups in total. The van der Waals surface area contributed by atoms with Crippen LogP contribution in [-0.4, -0.2) is 32.9 Å². The van der Waals surface area contributed by atoms with Gasteiger partial charge in [0.1, 0.15) is 17.1 Å². The summed E-state index contributed by atoms with van der Waals surface area (Å²) >= 11 is 0. The predicted octanol–water partition coefficient (Wildman–Crippen LogP) is 9.63. The minimum absolute atomic E-state index is 0.00948. The van der Waals surface area contributed by atoms with Gasteiger partial charge < -0.3 is 20.1 Å². The van der Waals surface area contributed by atoms with Crippen LogP contribution in [-0.2, 0) is 6.42 Å². The lowest BCUT2D eigenvalue weighted by molar-refractivity contribution is 0.0291. The normalized spacial score (nSPS) is 19.5. The number of benzene rings is 2. The molecule has 0 amide bonds. The number of fused-ring (bicyclic) bond motifs is 1. The van der Waals surface area contributed by atoms with E-state index in [1.807, 2.05) is 20.8 Å². The Hall–Kier alpha value is -3.02. The van der Waals surface area contributed by atoms with Gasteiger partial charge in [-0.25, -0.2) is 9.59 Å². The zero-order chi connectivity index (χ0) is 32.1. The largest absolute Gasteiger partial charge is 0.507 e. The van der Waals surface area contributed by atoms with Crippen LogP contribution in [0.25, 0.3) is 0 Å². The first-order valence-corrected chi connectivity index (χ1v) is 16.3. The first-order valence-electron chi connectivity index (χ1n) is 16.3. The second-order valence-corrected chi connectivity index (χ2v) is 14.0. The molecule has 2 aromatic rings.